The molecule has 4 nitrogen and oxygen atoms in total. The van der Waals surface area contributed by atoms with Gasteiger partial charge in [0.1, 0.15) is 6.54 Å². The standard InChI is InChI=1S/C14H19N3OS/c1-10(2)16-13(18)8-15-14-17-12(9-19-14)11-6-4-3-5-7-11/h3-7,10,12H,8-9H2,1-2H3,(H,15,17)(H,16,18). The first-order chi connectivity index (χ1) is 9.15. The summed E-state index contributed by atoms with van der Waals surface area (Å²) in [6, 6.07) is 10.7. The number of carbonyl (C=O) groups excluding carboxylic acids is 1. The van der Waals surface area contributed by atoms with Crippen LogP contribution < -0.4 is 10.6 Å². The first-order valence-electron chi connectivity index (χ1n) is 6.43. The van der Waals surface area contributed by atoms with Gasteiger partial charge < -0.3 is 10.6 Å². The Bertz CT molecular complexity index is 459. The smallest absolute Gasteiger partial charge is 0.241 e. The fourth-order valence-electron chi connectivity index (χ4n) is 1.86. The largest absolute Gasteiger partial charge is 0.357 e. The normalized spacial score (nSPS) is 20.6. The Kier molecular flexibility index (Phi) is 4.85. The first-order valence-corrected chi connectivity index (χ1v) is 7.42. The van der Waals surface area contributed by atoms with Gasteiger partial charge in [-0.25, -0.2) is 0 Å². The van der Waals surface area contributed by atoms with Gasteiger partial charge in [-0.2, -0.15) is 0 Å². The quantitative estimate of drug-likeness (QED) is 0.884. The molecular formula is C14H19N3OS. The number of benzene rings is 1. The molecule has 1 aromatic rings. The number of aliphatic imine (C=N–C) groups is 1. The Morgan fingerprint density at radius 2 is 2.21 bits per heavy atom. The van der Waals surface area contributed by atoms with Crippen LogP contribution >= 0.6 is 11.8 Å². The van der Waals surface area contributed by atoms with Crippen molar-refractivity contribution in [3.63, 3.8) is 0 Å². The van der Waals surface area contributed by atoms with Crippen molar-refractivity contribution in [1.29, 1.82) is 0 Å². The molecule has 1 atom stereocenters. The lowest BCUT2D eigenvalue weighted by atomic mass is 10.1. The first kappa shape index (κ1) is 13.9. The van der Waals surface area contributed by atoms with E-state index in [9.17, 15) is 4.79 Å². The summed E-state index contributed by atoms with van der Waals surface area (Å²) in [6.45, 7) is 4.08. The van der Waals surface area contributed by atoms with Crippen LogP contribution in [0, 0.1) is 0 Å². The number of nitrogens with one attached hydrogen (secondary N) is 2. The van der Waals surface area contributed by atoms with Crippen LogP contribution in [0.4, 0.5) is 0 Å². The fourth-order valence-corrected chi connectivity index (χ4v) is 2.84. The van der Waals surface area contributed by atoms with E-state index in [0.29, 0.717) is 0 Å². The molecule has 0 spiro atoms. The average molecular weight is 277 g/mol. The van der Waals surface area contributed by atoms with Gasteiger partial charge in [0.25, 0.3) is 0 Å². The third kappa shape index (κ3) is 4.28. The van der Waals surface area contributed by atoms with E-state index in [1.807, 2.05) is 32.0 Å². The van der Waals surface area contributed by atoms with E-state index in [1.54, 1.807) is 11.8 Å². The van der Waals surface area contributed by atoms with Crippen LogP contribution in [-0.4, -0.2) is 29.4 Å². The van der Waals surface area contributed by atoms with Crippen molar-refractivity contribution in [3.8, 4) is 0 Å². The minimum absolute atomic E-state index is 0.0342. The van der Waals surface area contributed by atoms with Gasteiger partial charge in [-0.15, -0.1) is 0 Å². The topological polar surface area (TPSA) is 53.5 Å². The number of hydrogen-bond donors (Lipinski definition) is 2. The van der Waals surface area contributed by atoms with Crippen molar-refractivity contribution in [3.05, 3.63) is 35.9 Å². The van der Waals surface area contributed by atoms with E-state index in [0.717, 1.165) is 10.9 Å². The Hall–Kier alpha value is -1.49. The third-order valence-corrected chi connectivity index (χ3v) is 3.72. The Labute approximate surface area is 118 Å². The molecule has 0 aliphatic carbocycles. The summed E-state index contributed by atoms with van der Waals surface area (Å²) < 4.78 is 0. The zero-order valence-electron chi connectivity index (χ0n) is 11.2. The summed E-state index contributed by atoms with van der Waals surface area (Å²) in [5.74, 6) is 0.919. The van der Waals surface area contributed by atoms with Crippen LogP contribution in [-0.2, 0) is 4.79 Å². The molecule has 1 unspecified atom stereocenters. The van der Waals surface area contributed by atoms with Crippen LogP contribution in [0.2, 0.25) is 0 Å². The number of amidine groups is 1. The van der Waals surface area contributed by atoms with Crippen molar-refractivity contribution in [2.75, 3.05) is 12.3 Å². The van der Waals surface area contributed by atoms with Crippen molar-refractivity contribution in [1.82, 2.24) is 10.6 Å². The van der Waals surface area contributed by atoms with Gasteiger partial charge in [0.15, 0.2) is 5.17 Å². The molecule has 1 aliphatic heterocycles. The number of carbonyl (C=O) groups is 1. The van der Waals surface area contributed by atoms with Gasteiger partial charge in [0.05, 0.1) is 6.04 Å². The minimum Gasteiger partial charge on any atom is -0.357 e. The lowest BCUT2D eigenvalue weighted by molar-refractivity contribution is -0.120. The molecule has 1 heterocycles. The molecule has 2 rings (SSSR count). The van der Waals surface area contributed by atoms with Gasteiger partial charge >= 0.3 is 0 Å². The van der Waals surface area contributed by atoms with Crippen molar-refractivity contribution in [2.24, 2.45) is 4.99 Å². The molecule has 19 heavy (non-hydrogen) atoms. The number of hydrogen-bond acceptors (Lipinski definition) is 3. The molecular weight excluding hydrogens is 258 g/mol. The van der Waals surface area contributed by atoms with E-state index in [2.05, 4.69) is 27.8 Å². The Morgan fingerprint density at radius 1 is 1.47 bits per heavy atom. The van der Waals surface area contributed by atoms with Gasteiger partial charge in [-0.05, 0) is 19.4 Å². The molecule has 1 aromatic carbocycles. The molecule has 1 saturated heterocycles. The zero-order valence-corrected chi connectivity index (χ0v) is 12.0. The predicted molar refractivity (Wildman–Crippen MR) is 80.4 cm³/mol. The second-order valence-electron chi connectivity index (χ2n) is 4.76. The average Bonchev–Trinajstić information content (AvgIpc) is 2.85. The molecule has 2 N–H and O–H groups in total. The lowest BCUT2D eigenvalue weighted by Crippen LogP contribution is -2.32. The number of thioether (sulfide) groups is 1. The van der Waals surface area contributed by atoms with Crippen molar-refractivity contribution >= 4 is 22.8 Å². The number of amides is 1. The van der Waals surface area contributed by atoms with Crippen LogP contribution in [0.5, 0.6) is 0 Å². The summed E-state index contributed by atoms with van der Waals surface area (Å²) in [5, 5.41) is 7.03. The Morgan fingerprint density at radius 3 is 2.89 bits per heavy atom. The zero-order chi connectivity index (χ0) is 13.7. The van der Waals surface area contributed by atoms with Crippen LogP contribution in [0.1, 0.15) is 25.5 Å². The van der Waals surface area contributed by atoms with Gasteiger partial charge in [0.2, 0.25) is 5.91 Å². The maximum Gasteiger partial charge on any atom is 0.241 e. The van der Waals surface area contributed by atoms with Crippen LogP contribution in [0.25, 0.3) is 0 Å². The second kappa shape index (κ2) is 6.61. The molecule has 1 fully saturated rings. The minimum atomic E-state index is -0.0342. The second-order valence-corrected chi connectivity index (χ2v) is 5.77. The lowest BCUT2D eigenvalue weighted by Gasteiger charge is -2.09. The monoisotopic (exact) mass is 277 g/mol. The highest BCUT2D eigenvalue weighted by Gasteiger charge is 2.21. The summed E-state index contributed by atoms with van der Waals surface area (Å²) in [4.78, 5) is 15.8. The van der Waals surface area contributed by atoms with Gasteiger partial charge in [-0.1, -0.05) is 42.1 Å². The highest BCUT2D eigenvalue weighted by molar-refractivity contribution is 8.14. The Balaban J connectivity index is 1.86. The number of nitrogens with zero attached hydrogens (tertiary/aromatic N) is 1. The molecule has 5 heteroatoms. The van der Waals surface area contributed by atoms with Gasteiger partial charge in [-0.3, -0.25) is 9.79 Å². The van der Waals surface area contributed by atoms with Crippen molar-refractivity contribution in [2.45, 2.75) is 25.9 Å². The summed E-state index contributed by atoms with van der Waals surface area (Å²) in [6.07, 6.45) is 0. The molecule has 1 aliphatic rings. The maximum atomic E-state index is 11.5. The van der Waals surface area contributed by atoms with Crippen LogP contribution in [0.3, 0.4) is 0 Å². The van der Waals surface area contributed by atoms with Gasteiger partial charge in [0, 0.05) is 11.8 Å². The number of rotatable bonds is 4. The molecule has 1 amide bonds. The SMILES string of the molecule is CC(C)NC(=O)CN=C1NC(c2ccccc2)CS1. The molecule has 0 radical (unpaired) electrons. The van der Waals surface area contributed by atoms with E-state index >= 15 is 0 Å². The predicted octanol–water partition coefficient (Wildman–Crippen LogP) is 1.94. The van der Waals surface area contributed by atoms with E-state index < -0.39 is 0 Å². The summed E-state index contributed by atoms with van der Waals surface area (Å²) in [7, 11) is 0. The molecule has 0 saturated carbocycles. The summed E-state index contributed by atoms with van der Waals surface area (Å²) in [5.41, 5.74) is 1.26. The molecule has 0 aromatic heterocycles. The fraction of sp³-hybridized carbons (Fsp3) is 0.429. The molecule has 0 bridgehead atoms. The van der Waals surface area contributed by atoms with E-state index in [1.165, 1.54) is 5.56 Å². The third-order valence-electron chi connectivity index (χ3n) is 2.70. The summed E-state index contributed by atoms with van der Waals surface area (Å²) >= 11 is 1.67. The van der Waals surface area contributed by atoms with Crippen molar-refractivity contribution < 1.29 is 4.79 Å². The molecule has 102 valence electrons. The highest BCUT2D eigenvalue weighted by Crippen LogP contribution is 2.25. The van der Waals surface area contributed by atoms with E-state index in [-0.39, 0.29) is 24.5 Å². The van der Waals surface area contributed by atoms with Crippen LogP contribution in [0.15, 0.2) is 35.3 Å². The van der Waals surface area contributed by atoms with E-state index in [4.69, 9.17) is 0 Å². The highest BCUT2D eigenvalue weighted by atomic mass is 32.2. The maximum absolute atomic E-state index is 11.5.